The molecule has 0 radical (unpaired) electrons. The Morgan fingerprint density at radius 3 is 2.36 bits per heavy atom. The molecule has 3 amide bonds. The Hall–Kier alpha value is -2.47. The van der Waals surface area contributed by atoms with E-state index in [0.29, 0.717) is 13.1 Å². The minimum atomic E-state index is -0.188. The second kappa shape index (κ2) is 7.87. The molecule has 6 heteroatoms. The Morgan fingerprint density at radius 2 is 1.64 bits per heavy atom. The summed E-state index contributed by atoms with van der Waals surface area (Å²) < 4.78 is 0. The normalized spacial score (nSPS) is 18.3. The predicted octanol–water partition coefficient (Wildman–Crippen LogP) is 4.21. The summed E-state index contributed by atoms with van der Waals surface area (Å²) in [6, 6.07) is 17.2. The third kappa shape index (κ3) is 3.61. The Balaban J connectivity index is 1.42. The molecule has 2 aliphatic rings. The van der Waals surface area contributed by atoms with Gasteiger partial charge in [0.25, 0.3) is 5.91 Å². The highest BCUT2D eigenvalue weighted by atomic mass is 32.2. The zero-order valence-corrected chi connectivity index (χ0v) is 16.9. The lowest BCUT2D eigenvalue weighted by molar-refractivity contribution is 0.0585. The van der Waals surface area contributed by atoms with Crippen LogP contribution in [0.3, 0.4) is 0 Å². The number of amides is 3. The van der Waals surface area contributed by atoms with Crippen molar-refractivity contribution in [2.24, 2.45) is 0 Å². The second-order valence-electron chi connectivity index (χ2n) is 7.35. The van der Waals surface area contributed by atoms with Crippen LogP contribution in [0.25, 0.3) is 0 Å². The third-order valence-corrected chi connectivity index (χ3v) is 7.21. The van der Waals surface area contributed by atoms with Gasteiger partial charge in [-0.1, -0.05) is 36.4 Å². The molecule has 1 spiro atoms. The number of nitrogens with one attached hydrogen (secondary N) is 1. The predicted molar refractivity (Wildman–Crippen MR) is 114 cm³/mol. The number of thioether (sulfide) groups is 1. The highest BCUT2D eigenvalue weighted by molar-refractivity contribution is 8.00. The number of rotatable bonds is 2. The molecule has 5 nitrogen and oxygen atoms in total. The first-order valence-electron chi connectivity index (χ1n) is 9.72. The third-order valence-electron chi connectivity index (χ3n) is 5.66. The highest BCUT2D eigenvalue weighted by Crippen LogP contribution is 2.44. The van der Waals surface area contributed by atoms with Crippen LogP contribution in [0.5, 0.6) is 0 Å². The van der Waals surface area contributed by atoms with Crippen LogP contribution in [0, 0.1) is 6.92 Å². The van der Waals surface area contributed by atoms with E-state index in [9.17, 15) is 9.59 Å². The van der Waals surface area contributed by atoms with Gasteiger partial charge in [0.05, 0.1) is 4.87 Å². The molecule has 2 fully saturated rings. The van der Waals surface area contributed by atoms with E-state index in [1.54, 1.807) is 0 Å². The van der Waals surface area contributed by atoms with Crippen LogP contribution in [0.2, 0.25) is 0 Å². The van der Waals surface area contributed by atoms with E-state index in [1.807, 2.05) is 83.1 Å². The van der Waals surface area contributed by atoms with Crippen molar-refractivity contribution in [3.63, 3.8) is 0 Å². The number of urea groups is 1. The molecule has 28 heavy (non-hydrogen) atoms. The number of carbonyl (C=O) groups excluding carboxylic acids is 2. The minimum absolute atomic E-state index is 0.0620. The molecule has 2 aromatic carbocycles. The van der Waals surface area contributed by atoms with E-state index >= 15 is 0 Å². The fourth-order valence-electron chi connectivity index (χ4n) is 4.01. The van der Waals surface area contributed by atoms with Crippen LogP contribution in [0.1, 0.15) is 28.8 Å². The number of likely N-dealkylation sites (tertiary alicyclic amines) is 1. The Kier molecular flexibility index (Phi) is 5.31. The average molecular weight is 396 g/mol. The van der Waals surface area contributed by atoms with Gasteiger partial charge < -0.3 is 15.1 Å². The maximum absolute atomic E-state index is 13.0. The van der Waals surface area contributed by atoms with Crippen LogP contribution in [-0.4, -0.2) is 52.0 Å². The first-order chi connectivity index (χ1) is 13.6. The number of carbonyl (C=O) groups is 2. The maximum Gasteiger partial charge on any atom is 0.321 e. The van der Waals surface area contributed by atoms with E-state index in [2.05, 4.69) is 5.32 Å². The minimum Gasteiger partial charge on any atom is -0.324 e. The molecule has 0 aliphatic carbocycles. The Morgan fingerprint density at radius 1 is 0.964 bits per heavy atom. The van der Waals surface area contributed by atoms with Crippen molar-refractivity contribution in [1.82, 2.24) is 9.80 Å². The van der Waals surface area contributed by atoms with Crippen LogP contribution in [-0.2, 0) is 0 Å². The SMILES string of the molecule is Cc1ccccc1NC(=O)N1CCC2(CC1)SCCN2C(=O)c1ccccc1. The largest absolute Gasteiger partial charge is 0.324 e. The number of benzene rings is 2. The molecular formula is C22H25N3O2S. The van der Waals surface area contributed by atoms with Crippen molar-refractivity contribution in [3.8, 4) is 0 Å². The van der Waals surface area contributed by atoms with E-state index < -0.39 is 0 Å². The molecule has 0 unspecified atom stereocenters. The quantitative estimate of drug-likeness (QED) is 0.829. The van der Waals surface area contributed by atoms with Crippen molar-refractivity contribution in [2.45, 2.75) is 24.6 Å². The highest BCUT2D eigenvalue weighted by Gasteiger charge is 2.47. The lowest BCUT2D eigenvalue weighted by atomic mass is 10.0. The molecule has 0 aromatic heterocycles. The second-order valence-corrected chi connectivity index (χ2v) is 8.81. The van der Waals surface area contributed by atoms with Gasteiger partial charge in [-0.05, 0) is 43.5 Å². The van der Waals surface area contributed by atoms with Crippen LogP contribution in [0.15, 0.2) is 54.6 Å². The van der Waals surface area contributed by atoms with Gasteiger partial charge >= 0.3 is 6.03 Å². The molecule has 2 aromatic rings. The summed E-state index contributed by atoms with van der Waals surface area (Å²) in [6.07, 6.45) is 1.61. The van der Waals surface area contributed by atoms with Gasteiger partial charge in [-0.3, -0.25) is 4.79 Å². The molecule has 4 rings (SSSR count). The van der Waals surface area contributed by atoms with Crippen molar-refractivity contribution >= 4 is 29.4 Å². The van der Waals surface area contributed by atoms with Crippen LogP contribution < -0.4 is 5.32 Å². The van der Waals surface area contributed by atoms with Crippen molar-refractivity contribution in [2.75, 3.05) is 30.7 Å². The molecule has 2 saturated heterocycles. The van der Waals surface area contributed by atoms with Gasteiger partial charge in [-0.25, -0.2) is 4.79 Å². The fraction of sp³-hybridized carbons (Fsp3) is 0.364. The number of piperidine rings is 1. The molecule has 146 valence electrons. The number of anilines is 1. The van der Waals surface area contributed by atoms with Gasteiger partial charge in [-0.2, -0.15) is 0 Å². The molecule has 2 heterocycles. The fourth-order valence-corrected chi connectivity index (χ4v) is 5.47. The summed E-state index contributed by atoms with van der Waals surface area (Å²) >= 11 is 1.86. The van der Waals surface area contributed by atoms with Gasteiger partial charge in [-0.15, -0.1) is 11.8 Å². The average Bonchev–Trinajstić information content (AvgIpc) is 3.13. The van der Waals surface area contributed by atoms with Crippen molar-refractivity contribution in [1.29, 1.82) is 0 Å². The zero-order chi connectivity index (χ0) is 19.6. The van der Waals surface area contributed by atoms with Crippen LogP contribution >= 0.6 is 11.8 Å². The van der Waals surface area contributed by atoms with Gasteiger partial charge in [0, 0.05) is 36.6 Å². The molecule has 0 bridgehead atoms. The number of nitrogens with zero attached hydrogens (tertiary/aromatic N) is 2. The first kappa shape index (κ1) is 18.9. The Labute approximate surface area is 170 Å². The summed E-state index contributed by atoms with van der Waals surface area (Å²) in [6.45, 7) is 4.07. The number of para-hydroxylation sites is 1. The van der Waals surface area contributed by atoms with Crippen molar-refractivity contribution in [3.05, 3.63) is 65.7 Å². The number of hydrogen-bond acceptors (Lipinski definition) is 3. The van der Waals surface area contributed by atoms with E-state index in [0.717, 1.165) is 42.0 Å². The molecule has 0 saturated carbocycles. The summed E-state index contributed by atoms with van der Waals surface area (Å²) in [4.78, 5) is 29.4. The van der Waals surface area contributed by atoms with Gasteiger partial charge in [0.2, 0.25) is 0 Å². The molecular weight excluding hydrogens is 370 g/mol. The van der Waals surface area contributed by atoms with Crippen LogP contribution in [0.4, 0.5) is 10.5 Å². The van der Waals surface area contributed by atoms with E-state index in [4.69, 9.17) is 0 Å². The molecule has 1 N–H and O–H groups in total. The lowest BCUT2D eigenvalue weighted by Gasteiger charge is -2.44. The monoisotopic (exact) mass is 395 g/mol. The number of hydrogen-bond donors (Lipinski definition) is 1. The van der Waals surface area contributed by atoms with E-state index in [-0.39, 0.29) is 16.8 Å². The topological polar surface area (TPSA) is 52.7 Å². The summed E-state index contributed by atoms with van der Waals surface area (Å²) in [7, 11) is 0. The standard InChI is InChI=1S/C22H25N3O2S/c1-17-7-5-6-10-19(17)23-21(27)24-13-11-22(12-14-24)25(15-16-28-22)20(26)18-8-3-2-4-9-18/h2-10H,11-16H2,1H3,(H,23,27). The molecule has 0 atom stereocenters. The maximum atomic E-state index is 13.0. The van der Waals surface area contributed by atoms with E-state index in [1.165, 1.54) is 0 Å². The summed E-state index contributed by atoms with van der Waals surface area (Å²) in [5.74, 6) is 1.05. The van der Waals surface area contributed by atoms with Crippen molar-refractivity contribution < 1.29 is 9.59 Å². The summed E-state index contributed by atoms with van der Waals surface area (Å²) in [5, 5.41) is 3.02. The number of aryl methyl sites for hydroxylation is 1. The Bertz CT molecular complexity index is 863. The van der Waals surface area contributed by atoms with Gasteiger partial charge in [0.15, 0.2) is 0 Å². The first-order valence-corrected chi connectivity index (χ1v) is 10.7. The van der Waals surface area contributed by atoms with Gasteiger partial charge in [0.1, 0.15) is 0 Å². The molecule has 2 aliphatic heterocycles. The summed E-state index contributed by atoms with van der Waals surface area (Å²) in [5.41, 5.74) is 2.64. The lowest BCUT2D eigenvalue weighted by Crippen LogP contribution is -2.54. The smallest absolute Gasteiger partial charge is 0.321 e. The zero-order valence-electron chi connectivity index (χ0n) is 16.1.